The van der Waals surface area contributed by atoms with Gasteiger partial charge in [0.05, 0.1) is 20.5 Å². The summed E-state index contributed by atoms with van der Waals surface area (Å²) in [5.41, 5.74) is 1.35. The van der Waals surface area contributed by atoms with Gasteiger partial charge in [0.1, 0.15) is 0 Å². The van der Waals surface area contributed by atoms with Crippen LogP contribution in [0.4, 0.5) is 11.4 Å². The topological polar surface area (TPSA) is 113 Å². The molecule has 0 radical (unpaired) electrons. The fourth-order valence-corrected chi connectivity index (χ4v) is 7.09. The van der Waals surface area contributed by atoms with Gasteiger partial charge in [-0.2, -0.15) is 4.31 Å². The molecule has 1 fully saturated rings. The fourth-order valence-electron chi connectivity index (χ4n) is 3.95. The normalized spacial score (nSPS) is 14.8. The van der Waals surface area contributed by atoms with Crippen LogP contribution in [-0.2, 0) is 20.0 Å². The Kier molecular flexibility index (Phi) is 8.15. The van der Waals surface area contributed by atoms with Gasteiger partial charge in [0.15, 0.2) is 0 Å². The van der Waals surface area contributed by atoms with E-state index in [4.69, 9.17) is 23.2 Å². The zero-order valence-corrected chi connectivity index (χ0v) is 23.0. The molecule has 1 amide bonds. The van der Waals surface area contributed by atoms with Gasteiger partial charge in [0, 0.05) is 29.4 Å². The van der Waals surface area contributed by atoms with Crippen molar-refractivity contribution in [2.24, 2.45) is 0 Å². The molecule has 37 heavy (non-hydrogen) atoms. The second kappa shape index (κ2) is 11.0. The molecule has 4 rings (SSSR count). The molecule has 3 aromatic rings. The van der Waals surface area contributed by atoms with Crippen LogP contribution in [0.15, 0.2) is 70.5 Å². The number of nitrogens with one attached hydrogen (secondary N) is 2. The number of hydrogen-bond acceptors (Lipinski definition) is 5. The van der Waals surface area contributed by atoms with Gasteiger partial charge in [-0.25, -0.2) is 16.8 Å². The molecule has 3 aromatic carbocycles. The largest absolute Gasteiger partial charge is 0.322 e. The number of rotatable bonds is 7. The van der Waals surface area contributed by atoms with E-state index < -0.39 is 26.0 Å². The smallest absolute Gasteiger partial charge is 0.261 e. The first-order valence-electron chi connectivity index (χ1n) is 11.5. The summed E-state index contributed by atoms with van der Waals surface area (Å²) in [5, 5.41) is 3.23. The number of piperidine rings is 1. The van der Waals surface area contributed by atoms with Crippen LogP contribution < -0.4 is 10.0 Å². The van der Waals surface area contributed by atoms with E-state index in [-0.39, 0.29) is 26.1 Å². The van der Waals surface area contributed by atoms with Crippen molar-refractivity contribution in [3.8, 4) is 0 Å². The molecule has 0 spiro atoms. The van der Waals surface area contributed by atoms with Crippen molar-refractivity contribution in [1.82, 2.24) is 4.31 Å². The first kappa shape index (κ1) is 27.4. The highest BCUT2D eigenvalue weighted by molar-refractivity contribution is 7.92. The van der Waals surface area contributed by atoms with Crippen molar-refractivity contribution in [1.29, 1.82) is 0 Å². The first-order chi connectivity index (χ1) is 17.5. The lowest BCUT2D eigenvalue weighted by Gasteiger charge is -2.26. The maximum absolute atomic E-state index is 13.0. The van der Waals surface area contributed by atoms with Crippen molar-refractivity contribution < 1.29 is 21.6 Å². The third-order valence-electron chi connectivity index (χ3n) is 6.00. The van der Waals surface area contributed by atoms with Crippen LogP contribution in [0.1, 0.15) is 35.2 Å². The summed E-state index contributed by atoms with van der Waals surface area (Å²) in [7, 11) is -7.65. The predicted molar refractivity (Wildman–Crippen MR) is 145 cm³/mol. The number of halogens is 2. The van der Waals surface area contributed by atoms with Crippen LogP contribution >= 0.6 is 23.2 Å². The number of anilines is 2. The number of nitrogens with zero attached hydrogens (tertiary/aromatic N) is 1. The Bertz CT molecular complexity index is 1540. The number of benzene rings is 3. The molecule has 0 bridgehead atoms. The number of sulfonamides is 2. The summed E-state index contributed by atoms with van der Waals surface area (Å²) in [4.78, 5) is 13.0. The number of aryl methyl sites for hydroxylation is 1. The van der Waals surface area contributed by atoms with Crippen molar-refractivity contribution in [2.45, 2.75) is 36.0 Å². The summed E-state index contributed by atoms with van der Waals surface area (Å²) in [6, 6.07) is 14.5. The Hall–Kier alpha value is -2.63. The number of carbonyl (C=O) groups is 1. The quantitative estimate of drug-likeness (QED) is 0.381. The molecular formula is C25H25Cl2N3O5S2. The maximum atomic E-state index is 13.0. The zero-order chi connectivity index (χ0) is 26.8. The van der Waals surface area contributed by atoms with E-state index in [1.165, 1.54) is 58.9 Å². The molecule has 196 valence electrons. The molecule has 12 heteroatoms. The van der Waals surface area contributed by atoms with Gasteiger partial charge in [-0.1, -0.05) is 35.7 Å². The van der Waals surface area contributed by atoms with Crippen molar-refractivity contribution in [3.63, 3.8) is 0 Å². The van der Waals surface area contributed by atoms with Crippen LogP contribution in [0, 0.1) is 6.92 Å². The fraction of sp³-hybridized carbons (Fsp3) is 0.240. The van der Waals surface area contributed by atoms with Gasteiger partial charge < -0.3 is 5.32 Å². The van der Waals surface area contributed by atoms with Crippen LogP contribution in [0.5, 0.6) is 0 Å². The molecule has 0 aromatic heterocycles. The predicted octanol–water partition coefficient (Wildman–Crippen LogP) is 5.53. The van der Waals surface area contributed by atoms with E-state index in [1.807, 2.05) is 0 Å². The molecule has 0 unspecified atom stereocenters. The van der Waals surface area contributed by atoms with E-state index in [2.05, 4.69) is 10.0 Å². The SMILES string of the molecule is Cc1ccc(S(=O)(=O)N2CCCCC2)cc1C(=O)Nc1ccc(S(=O)(=O)Nc2ccc(Cl)cc2Cl)cc1. The lowest BCUT2D eigenvalue weighted by Crippen LogP contribution is -2.35. The molecule has 0 aliphatic carbocycles. The van der Waals surface area contributed by atoms with Crippen LogP contribution in [0.2, 0.25) is 10.0 Å². The molecule has 1 aliphatic rings. The number of carbonyl (C=O) groups excluding carboxylic acids is 1. The summed E-state index contributed by atoms with van der Waals surface area (Å²) in [6.45, 7) is 2.65. The maximum Gasteiger partial charge on any atom is 0.261 e. The lowest BCUT2D eigenvalue weighted by atomic mass is 10.1. The molecule has 0 atom stereocenters. The Balaban J connectivity index is 1.50. The Morgan fingerprint density at radius 1 is 0.838 bits per heavy atom. The Morgan fingerprint density at radius 2 is 1.49 bits per heavy atom. The third-order valence-corrected chi connectivity index (χ3v) is 9.83. The third kappa shape index (κ3) is 6.27. The van der Waals surface area contributed by atoms with E-state index in [0.29, 0.717) is 29.4 Å². The molecule has 1 saturated heterocycles. The summed E-state index contributed by atoms with van der Waals surface area (Å²) >= 11 is 11.9. The van der Waals surface area contributed by atoms with Crippen LogP contribution in [0.25, 0.3) is 0 Å². The standard InChI is InChI=1S/C25H25Cl2N3O5S2/c1-17-5-9-21(37(34,35)30-13-3-2-4-14-30)16-22(17)25(31)28-19-7-10-20(11-8-19)36(32,33)29-24-12-6-18(26)15-23(24)27/h5-12,15-16,29H,2-4,13-14H2,1H3,(H,28,31). The highest BCUT2D eigenvalue weighted by Gasteiger charge is 2.27. The van der Waals surface area contributed by atoms with E-state index in [9.17, 15) is 21.6 Å². The second-order valence-corrected chi connectivity index (χ2v) is 13.1. The molecular weight excluding hydrogens is 557 g/mol. The van der Waals surface area contributed by atoms with Crippen molar-refractivity contribution >= 4 is 60.5 Å². The van der Waals surface area contributed by atoms with E-state index in [1.54, 1.807) is 13.0 Å². The Labute approximate surface area is 226 Å². The molecule has 8 nitrogen and oxygen atoms in total. The van der Waals surface area contributed by atoms with Crippen LogP contribution in [0.3, 0.4) is 0 Å². The number of hydrogen-bond donors (Lipinski definition) is 2. The van der Waals surface area contributed by atoms with Gasteiger partial charge in [-0.15, -0.1) is 0 Å². The van der Waals surface area contributed by atoms with Gasteiger partial charge in [-0.05, 0) is 79.9 Å². The second-order valence-electron chi connectivity index (χ2n) is 8.65. The van der Waals surface area contributed by atoms with E-state index in [0.717, 1.165) is 19.3 Å². The van der Waals surface area contributed by atoms with Gasteiger partial charge in [0.2, 0.25) is 10.0 Å². The summed E-state index contributed by atoms with van der Waals surface area (Å²) < 4.78 is 55.5. The average molecular weight is 583 g/mol. The molecule has 1 heterocycles. The van der Waals surface area contributed by atoms with Gasteiger partial charge in [0.25, 0.3) is 15.9 Å². The van der Waals surface area contributed by atoms with Crippen molar-refractivity contribution in [3.05, 3.63) is 81.8 Å². The minimum Gasteiger partial charge on any atom is -0.322 e. The highest BCUT2D eigenvalue weighted by atomic mass is 35.5. The van der Waals surface area contributed by atoms with Gasteiger partial charge >= 0.3 is 0 Å². The summed E-state index contributed by atoms with van der Waals surface area (Å²) in [5.74, 6) is -0.505. The average Bonchev–Trinajstić information content (AvgIpc) is 2.86. The monoisotopic (exact) mass is 581 g/mol. The zero-order valence-electron chi connectivity index (χ0n) is 19.9. The van der Waals surface area contributed by atoms with E-state index >= 15 is 0 Å². The number of amides is 1. The molecule has 1 aliphatic heterocycles. The minimum atomic E-state index is -3.95. The minimum absolute atomic E-state index is 0.0395. The Morgan fingerprint density at radius 3 is 2.14 bits per heavy atom. The van der Waals surface area contributed by atoms with Crippen LogP contribution in [-0.4, -0.2) is 40.1 Å². The van der Waals surface area contributed by atoms with Crippen molar-refractivity contribution in [2.75, 3.05) is 23.1 Å². The first-order valence-corrected chi connectivity index (χ1v) is 15.2. The van der Waals surface area contributed by atoms with Gasteiger partial charge in [-0.3, -0.25) is 9.52 Å². The highest BCUT2D eigenvalue weighted by Crippen LogP contribution is 2.28. The lowest BCUT2D eigenvalue weighted by molar-refractivity contribution is 0.102. The molecule has 2 N–H and O–H groups in total. The summed E-state index contributed by atoms with van der Waals surface area (Å²) in [6.07, 6.45) is 2.62. The molecule has 0 saturated carbocycles.